The number of piperidine rings is 1. The van der Waals surface area contributed by atoms with E-state index >= 15 is 0 Å². The van der Waals surface area contributed by atoms with Crippen molar-refractivity contribution in [3.05, 3.63) is 71.3 Å². The number of benzene rings is 2. The van der Waals surface area contributed by atoms with Crippen molar-refractivity contribution < 1.29 is 19.1 Å². The zero-order valence-corrected chi connectivity index (χ0v) is 24.1. The lowest BCUT2D eigenvalue weighted by Gasteiger charge is -2.40. The van der Waals surface area contributed by atoms with Gasteiger partial charge in [0.15, 0.2) is 0 Å². The van der Waals surface area contributed by atoms with Gasteiger partial charge in [0, 0.05) is 36.7 Å². The molecule has 0 bridgehead atoms. The highest BCUT2D eigenvalue weighted by atomic mass is 16.5. The van der Waals surface area contributed by atoms with Gasteiger partial charge in [-0.2, -0.15) is 0 Å². The topological polar surface area (TPSA) is 126 Å². The molecule has 1 fully saturated rings. The van der Waals surface area contributed by atoms with E-state index in [-0.39, 0.29) is 42.2 Å². The fourth-order valence-electron chi connectivity index (χ4n) is 5.18. The Bertz CT molecular complexity index is 1140. The predicted octanol–water partition coefficient (Wildman–Crippen LogP) is 5.05. The van der Waals surface area contributed by atoms with Crippen molar-refractivity contribution in [1.82, 2.24) is 10.2 Å². The number of ether oxygens (including phenoxy) is 1. The molecule has 0 saturated carbocycles. The third-order valence-electron chi connectivity index (χ3n) is 7.88. The lowest BCUT2D eigenvalue weighted by Crippen LogP contribution is -2.55. The summed E-state index contributed by atoms with van der Waals surface area (Å²) in [6.45, 7) is 7.40. The second kappa shape index (κ2) is 14.6. The monoisotopic (exact) mass is 548 g/mol. The molecule has 40 heavy (non-hydrogen) atoms. The number of nitrogen functional groups attached to an aromatic ring is 1. The SMILES string of the molecule is CCCCCC(NC(=O)c1ccc(C(=N)N)cc1)C(C)(C)C(=O)N1CCC(CC(=O)OCc2ccccc2)CC1. The maximum atomic E-state index is 13.8. The van der Waals surface area contributed by atoms with Gasteiger partial charge in [0.25, 0.3) is 5.91 Å². The maximum Gasteiger partial charge on any atom is 0.306 e. The van der Waals surface area contributed by atoms with Crippen molar-refractivity contribution in [2.75, 3.05) is 13.1 Å². The number of carbonyl (C=O) groups excluding carboxylic acids is 3. The second-order valence-corrected chi connectivity index (χ2v) is 11.3. The van der Waals surface area contributed by atoms with Gasteiger partial charge in [-0.05, 0) is 56.7 Å². The van der Waals surface area contributed by atoms with Gasteiger partial charge in [-0.15, -0.1) is 0 Å². The first-order valence-electron chi connectivity index (χ1n) is 14.4. The average molecular weight is 549 g/mol. The summed E-state index contributed by atoms with van der Waals surface area (Å²) in [6, 6.07) is 15.9. The summed E-state index contributed by atoms with van der Waals surface area (Å²) in [5, 5.41) is 10.7. The molecule has 2 aromatic carbocycles. The molecular formula is C32H44N4O4. The first-order chi connectivity index (χ1) is 19.1. The van der Waals surface area contributed by atoms with Gasteiger partial charge in [0.05, 0.1) is 5.41 Å². The zero-order valence-electron chi connectivity index (χ0n) is 24.1. The third kappa shape index (κ3) is 8.66. The van der Waals surface area contributed by atoms with E-state index in [0.29, 0.717) is 37.1 Å². The summed E-state index contributed by atoms with van der Waals surface area (Å²) in [6.07, 6.45) is 5.53. The van der Waals surface area contributed by atoms with E-state index < -0.39 is 5.41 Å². The van der Waals surface area contributed by atoms with Gasteiger partial charge in [-0.25, -0.2) is 0 Å². The molecular weight excluding hydrogens is 504 g/mol. The van der Waals surface area contributed by atoms with Crippen LogP contribution in [0.25, 0.3) is 0 Å². The van der Waals surface area contributed by atoms with Crippen molar-refractivity contribution >= 4 is 23.6 Å². The molecule has 2 aromatic rings. The Balaban J connectivity index is 1.57. The van der Waals surface area contributed by atoms with E-state index in [1.165, 1.54) is 0 Å². The number of nitrogens with one attached hydrogen (secondary N) is 2. The van der Waals surface area contributed by atoms with Crippen LogP contribution in [0.4, 0.5) is 0 Å². The Morgan fingerprint density at radius 2 is 1.65 bits per heavy atom. The lowest BCUT2D eigenvalue weighted by atomic mass is 9.79. The molecule has 3 rings (SSSR count). The minimum Gasteiger partial charge on any atom is -0.461 e. The third-order valence-corrected chi connectivity index (χ3v) is 7.88. The summed E-state index contributed by atoms with van der Waals surface area (Å²) in [5.41, 5.74) is 6.72. The van der Waals surface area contributed by atoms with Crippen LogP contribution in [-0.4, -0.2) is 47.7 Å². The minimum absolute atomic E-state index is 0.0198. The van der Waals surface area contributed by atoms with Crippen LogP contribution in [0.3, 0.4) is 0 Å². The quantitative estimate of drug-likeness (QED) is 0.140. The lowest BCUT2D eigenvalue weighted by molar-refractivity contribution is -0.147. The smallest absolute Gasteiger partial charge is 0.306 e. The summed E-state index contributed by atoms with van der Waals surface area (Å²) >= 11 is 0. The highest BCUT2D eigenvalue weighted by Crippen LogP contribution is 2.31. The first-order valence-corrected chi connectivity index (χ1v) is 14.4. The first kappa shape index (κ1) is 30.9. The van der Waals surface area contributed by atoms with E-state index in [1.54, 1.807) is 24.3 Å². The molecule has 1 unspecified atom stereocenters. The zero-order chi connectivity index (χ0) is 29.1. The van der Waals surface area contributed by atoms with E-state index in [9.17, 15) is 14.4 Å². The highest BCUT2D eigenvalue weighted by molar-refractivity contribution is 5.98. The Morgan fingerprint density at radius 3 is 2.25 bits per heavy atom. The number of esters is 1. The number of hydrogen-bond acceptors (Lipinski definition) is 5. The molecule has 0 aromatic heterocycles. The van der Waals surface area contributed by atoms with E-state index in [2.05, 4.69) is 12.2 Å². The predicted molar refractivity (Wildman–Crippen MR) is 157 cm³/mol. The van der Waals surface area contributed by atoms with Crippen LogP contribution in [0, 0.1) is 16.7 Å². The van der Waals surface area contributed by atoms with Gasteiger partial charge in [0.1, 0.15) is 12.4 Å². The van der Waals surface area contributed by atoms with E-state index in [1.807, 2.05) is 49.1 Å². The van der Waals surface area contributed by atoms with Crippen molar-refractivity contribution in [3.63, 3.8) is 0 Å². The van der Waals surface area contributed by atoms with Gasteiger partial charge in [-0.1, -0.05) is 68.7 Å². The van der Waals surface area contributed by atoms with Crippen LogP contribution in [-0.2, 0) is 20.9 Å². The molecule has 0 radical (unpaired) electrons. The average Bonchev–Trinajstić information content (AvgIpc) is 2.96. The fraction of sp³-hybridized carbons (Fsp3) is 0.500. The van der Waals surface area contributed by atoms with Crippen molar-refractivity contribution in [1.29, 1.82) is 5.41 Å². The normalized spacial score (nSPS) is 14.8. The number of amidine groups is 1. The molecule has 4 N–H and O–H groups in total. The molecule has 0 spiro atoms. The fourth-order valence-corrected chi connectivity index (χ4v) is 5.18. The number of likely N-dealkylation sites (tertiary alicyclic amines) is 1. The van der Waals surface area contributed by atoms with Gasteiger partial charge in [-0.3, -0.25) is 19.8 Å². The number of carbonyl (C=O) groups is 3. The van der Waals surface area contributed by atoms with Crippen LogP contribution < -0.4 is 11.1 Å². The molecule has 1 saturated heterocycles. The number of nitrogens with zero attached hydrogens (tertiary/aromatic N) is 1. The molecule has 1 aliphatic heterocycles. The Hall–Kier alpha value is -3.68. The van der Waals surface area contributed by atoms with E-state index in [4.69, 9.17) is 15.9 Å². The van der Waals surface area contributed by atoms with Gasteiger partial charge >= 0.3 is 5.97 Å². The largest absolute Gasteiger partial charge is 0.461 e. The van der Waals surface area contributed by atoms with E-state index in [0.717, 1.165) is 37.7 Å². The molecule has 216 valence electrons. The number of hydrogen-bond donors (Lipinski definition) is 3. The molecule has 8 heteroatoms. The number of amides is 2. The number of rotatable bonds is 13. The summed E-state index contributed by atoms with van der Waals surface area (Å²) in [7, 11) is 0. The summed E-state index contributed by atoms with van der Waals surface area (Å²) in [5.74, 6) is -0.294. The summed E-state index contributed by atoms with van der Waals surface area (Å²) < 4.78 is 5.45. The summed E-state index contributed by atoms with van der Waals surface area (Å²) in [4.78, 5) is 41.2. The minimum atomic E-state index is -0.801. The van der Waals surface area contributed by atoms with Crippen LogP contribution in [0.1, 0.15) is 87.2 Å². The second-order valence-electron chi connectivity index (χ2n) is 11.3. The van der Waals surface area contributed by atoms with Crippen LogP contribution in [0.5, 0.6) is 0 Å². The van der Waals surface area contributed by atoms with Crippen molar-refractivity contribution in [2.24, 2.45) is 17.1 Å². The molecule has 8 nitrogen and oxygen atoms in total. The number of nitrogens with two attached hydrogens (primary N) is 1. The van der Waals surface area contributed by atoms with Crippen molar-refractivity contribution in [3.8, 4) is 0 Å². The van der Waals surface area contributed by atoms with Crippen LogP contribution in [0.15, 0.2) is 54.6 Å². The Labute approximate surface area is 238 Å². The van der Waals surface area contributed by atoms with Crippen molar-refractivity contribution in [2.45, 2.75) is 78.4 Å². The molecule has 1 heterocycles. The van der Waals surface area contributed by atoms with Gasteiger partial charge in [0.2, 0.25) is 5.91 Å². The maximum absolute atomic E-state index is 13.8. The molecule has 0 aliphatic carbocycles. The molecule has 1 atom stereocenters. The standard InChI is InChI=1S/C32H44N4O4/c1-4-5-7-12-27(35-30(38)26-15-13-25(14-16-26)29(33)34)32(2,3)31(39)36-19-17-23(18-20-36)21-28(37)40-22-24-10-8-6-9-11-24/h6,8-11,13-16,23,27H,4-5,7,12,17-22H2,1-3H3,(H3,33,34)(H,35,38). The molecule has 1 aliphatic rings. The number of unbranched alkanes of at least 4 members (excludes halogenated alkanes) is 2. The van der Waals surface area contributed by atoms with Crippen LogP contribution >= 0.6 is 0 Å². The Kier molecular flexibility index (Phi) is 11.3. The Morgan fingerprint density at radius 1 is 1.02 bits per heavy atom. The van der Waals surface area contributed by atoms with Crippen LogP contribution in [0.2, 0.25) is 0 Å². The molecule has 2 amide bonds. The van der Waals surface area contributed by atoms with Gasteiger partial charge < -0.3 is 20.7 Å². The highest BCUT2D eigenvalue weighted by Gasteiger charge is 2.41.